The van der Waals surface area contributed by atoms with Gasteiger partial charge in [0.2, 0.25) is 0 Å². The number of aromatic nitrogens is 2. The molecule has 1 heterocycles. The lowest BCUT2D eigenvalue weighted by Crippen LogP contribution is -2.11. The predicted octanol–water partition coefficient (Wildman–Crippen LogP) is 0.754. The number of amides is 1. The van der Waals surface area contributed by atoms with E-state index in [-0.39, 0.29) is 5.82 Å². The van der Waals surface area contributed by atoms with Crippen molar-refractivity contribution in [2.24, 2.45) is 5.73 Å². The second-order valence-electron chi connectivity index (χ2n) is 3.26. The number of primary amides is 1. The number of rotatable bonds is 5. The van der Waals surface area contributed by atoms with Gasteiger partial charge < -0.3 is 11.5 Å². The molecule has 14 heavy (non-hydrogen) atoms. The van der Waals surface area contributed by atoms with Gasteiger partial charge in [-0.25, -0.2) is 0 Å². The van der Waals surface area contributed by atoms with Crippen LogP contribution in [-0.2, 0) is 6.54 Å². The van der Waals surface area contributed by atoms with Crippen molar-refractivity contribution in [2.75, 3.05) is 5.73 Å². The van der Waals surface area contributed by atoms with Crippen molar-refractivity contribution in [1.82, 2.24) is 9.78 Å². The second kappa shape index (κ2) is 4.64. The molecule has 0 fully saturated rings. The van der Waals surface area contributed by atoms with Crippen LogP contribution in [0.25, 0.3) is 0 Å². The summed E-state index contributed by atoms with van der Waals surface area (Å²) in [6.07, 6.45) is 4.94. The first-order chi connectivity index (χ1) is 6.65. The van der Waals surface area contributed by atoms with Gasteiger partial charge in [0.15, 0.2) is 5.82 Å². The molecule has 0 aliphatic carbocycles. The molecule has 5 heteroatoms. The van der Waals surface area contributed by atoms with Crippen LogP contribution in [-0.4, -0.2) is 15.7 Å². The molecule has 0 spiro atoms. The van der Waals surface area contributed by atoms with E-state index >= 15 is 0 Å². The lowest BCUT2D eigenvalue weighted by Gasteiger charge is -1.98. The second-order valence-corrected chi connectivity index (χ2v) is 3.26. The van der Waals surface area contributed by atoms with Crippen LogP contribution in [0.3, 0.4) is 0 Å². The molecule has 0 bridgehead atoms. The summed E-state index contributed by atoms with van der Waals surface area (Å²) in [6.45, 7) is 2.91. The fourth-order valence-corrected chi connectivity index (χ4v) is 1.26. The first-order valence-electron chi connectivity index (χ1n) is 4.78. The summed E-state index contributed by atoms with van der Waals surface area (Å²) >= 11 is 0. The van der Waals surface area contributed by atoms with Gasteiger partial charge in [-0.2, -0.15) is 5.10 Å². The first-order valence-corrected chi connectivity index (χ1v) is 4.78. The highest BCUT2D eigenvalue weighted by Crippen LogP contribution is 2.08. The minimum atomic E-state index is -0.524. The molecule has 0 saturated carbocycles. The molecule has 1 rings (SSSR count). The normalized spacial score (nSPS) is 10.4. The van der Waals surface area contributed by atoms with E-state index in [4.69, 9.17) is 11.5 Å². The smallest absolute Gasteiger partial charge is 0.254 e. The van der Waals surface area contributed by atoms with Crippen molar-refractivity contribution >= 4 is 11.7 Å². The van der Waals surface area contributed by atoms with Gasteiger partial charge in [-0.15, -0.1) is 0 Å². The molecule has 1 amide bonds. The third-order valence-corrected chi connectivity index (χ3v) is 2.05. The Kier molecular flexibility index (Phi) is 3.50. The molecular weight excluding hydrogens is 180 g/mol. The first kappa shape index (κ1) is 10.6. The zero-order valence-electron chi connectivity index (χ0n) is 8.36. The largest absolute Gasteiger partial charge is 0.382 e. The van der Waals surface area contributed by atoms with Gasteiger partial charge >= 0.3 is 0 Å². The Morgan fingerprint density at radius 3 is 2.79 bits per heavy atom. The molecule has 0 saturated heterocycles. The molecular formula is C9H16N4O. The summed E-state index contributed by atoms with van der Waals surface area (Å²) in [5.74, 6) is -0.307. The van der Waals surface area contributed by atoms with E-state index in [2.05, 4.69) is 12.0 Å². The van der Waals surface area contributed by atoms with Gasteiger partial charge in [0.25, 0.3) is 5.91 Å². The Labute approximate surface area is 83.1 Å². The van der Waals surface area contributed by atoms with Crippen molar-refractivity contribution in [2.45, 2.75) is 32.7 Å². The predicted molar refractivity (Wildman–Crippen MR) is 54.7 cm³/mol. The van der Waals surface area contributed by atoms with Crippen LogP contribution in [0.2, 0.25) is 0 Å². The van der Waals surface area contributed by atoms with Gasteiger partial charge in [-0.1, -0.05) is 19.8 Å². The Hall–Kier alpha value is -1.52. The maximum Gasteiger partial charge on any atom is 0.254 e. The number of nitrogen functional groups attached to an aromatic ring is 1. The fraction of sp³-hybridized carbons (Fsp3) is 0.556. The number of nitrogens with two attached hydrogens (primary N) is 2. The van der Waals surface area contributed by atoms with Crippen LogP contribution in [0.4, 0.5) is 5.82 Å². The van der Waals surface area contributed by atoms with Crippen molar-refractivity contribution < 1.29 is 4.79 Å². The average molecular weight is 196 g/mol. The maximum absolute atomic E-state index is 10.9. The van der Waals surface area contributed by atoms with Crippen molar-refractivity contribution in [3.8, 4) is 0 Å². The maximum atomic E-state index is 10.9. The summed E-state index contributed by atoms with van der Waals surface area (Å²) in [5.41, 5.74) is 10.9. The topological polar surface area (TPSA) is 86.9 Å². The molecule has 4 N–H and O–H groups in total. The van der Waals surface area contributed by atoms with E-state index < -0.39 is 5.91 Å². The number of nitrogens with zero attached hydrogens (tertiary/aromatic N) is 2. The molecule has 5 nitrogen and oxygen atoms in total. The van der Waals surface area contributed by atoms with E-state index in [9.17, 15) is 4.79 Å². The number of hydrogen-bond donors (Lipinski definition) is 2. The fourth-order valence-electron chi connectivity index (χ4n) is 1.26. The molecule has 0 atom stereocenters. The molecule has 1 aromatic rings. The standard InChI is InChI=1S/C9H16N4O/c1-2-3-4-5-13-6-7(9(11)14)8(10)12-13/h6H,2-5H2,1H3,(H2,10,12)(H2,11,14). The summed E-state index contributed by atoms with van der Waals surface area (Å²) in [7, 11) is 0. The van der Waals surface area contributed by atoms with E-state index in [1.807, 2.05) is 0 Å². The zero-order chi connectivity index (χ0) is 10.6. The summed E-state index contributed by atoms with van der Waals surface area (Å²) in [5, 5.41) is 4.00. The van der Waals surface area contributed by atoms with Crippen LogP contribution in [0.5, 0.6) is 0 Å². The quantitative estimate of drug-likeness (QED) is 0.681. The highest BCUT2D eigenvalue weighted by atomic mass is 16.1. The summed E-state index contributed by atoms with van der Waals surface area (Å²) < 4.78 is 1.67. The number of hydrogen-bond acceptors (Lipinski definition) is 3. The Morgan fingerprint density at radius 1 is 1.57 bits per heavy atom. The number of aryl methyl sites for hydroxylation is 1. The molecule has 0 radical (unpaired) electrons. The van der Waals surface area contributed by atoms with Crippen molar-refractivity contribution in [3.63, 3.8) is 0 Å². The Morgan fingerprint density at radius 2 is 2.29 bits per heavy atom. The van der Waals surface area contributed by atoms with Crippen LogP contribution >= 0.6 is 0 Å². The highest BCUT2D eigenvalue weighted by Gasteiger charge is 2.09. The molecule has 1 aromatic heterocycles. The third-order valence-electron chi connectivity index (χ3n) is 2.05. The van der Waals surface area contributed by atoms with Crippen LogP contribution in [0, 0.1) is 0 Å². The monoisotopic (exact) mass is 196 g/mol. The SMILES string of the molecule is CCCCCn1cc(C(N)=O)c(N)n1. The number of carbonyl (C=O) groups excluding carboxylic acids is 1. The summed E-state index contributed by atoms with van der Waals surface area (Å²) in [4.78, 5) is 10.9. The Bertz CT molecular complexity index is 319. The average Bonchev–Trinajstić information content (AvgIpc) is 2.47. The van der Waals surface area contributed by atoms with E-state index in [0.29, 0.717) is 5.56 Å². The van der Waals surface area contributed by atoms with Crippen LogP contribution < -0.4 is 11.5 Å². The number of unbranched alkanes of at least 4 members (excludes halogenated alkanes) is 2. The van der Waals surface area contributed by atoms with Gasteiger partial charge in [0, 0.05) is 12.7 Å². The molecule has 0 unspecified atom stereocenters. The highest BCUT2D eigenvalue weighted by molar-refractivity contribution is 5.96. The van der Waals surface area contributed by atoms with Gasteiger partial charge in [-0.3, -0.25) is 9.48 Å². The van der Waals surface area contributed by atoms with Crippen molar-refractivity contribution in [3.05, 3.63) is 11.8 Å². The minimum absolute atomic E-state index is 0.217. The van der Waals surface area contributed by atoms with Crippen molar-refractivity contribution in [1.29, 1.82) is 0 Å². The zero-order valence-corrected chi connectivity index (χ0v) is 8.36. The van der Waals surface area contributed by atoms with E-state index in [1.54, 1.807) is 10.9 Å². The van der Waals surface area contributed by atoms with E-state index in [0.717, 1.165) is 25.8 Å². The number of anilines is 1. The lowest BCUT2D eigenvalue weighted by atomic mass is 10.2. The van der Waals surface area contributed by atoms with Gasteiger partial charge in [0.1, 0.15) is 5.56 Å². The Balaban J connectivity index is 2.62. The number of carbonyl (C=O) groups is 1. The van der Waals surface area contributed by atoms with Crippen LogP contribution in [0.15, 0.2) is 6.20 Å². The van der Waals surface area contributed by atoms with Gasteiger partial charge in [0.05, 0.1) is 0 Å². The third kappa shape index (κ3) is 2.48. The molecule has 0 aliphatic rings. The molecule has 78 valence electrons. The van der Waals surface area contributed by atoms with Crippen LogP contribution in [0.1, 0.15) is 36.5 Å². The molecule has 0 aliphatic heterocycles. The molecule has 0 aromatic carbocycles. The summed E-state index contributed by atoms with van der Waals surface area (Å²) in [6, 6.07) is 0. The van der Waals surface area contributed by atoms with Gasteiger partial charge in [-0.05, 0) is 6.42 Å². The minimum Gasteiger partial charge on any atom is -0.382 e. The van der Waals surface area contributed by atoms with E-state index in [1.165, 1.54) is 0 Å². The lowest BCUT2D eigenvalue weighted by molar-refractivity contribution is 0.100.